The second-order valence-electron chi connectivity index (χ2n) is 8.80. The maximum Gasteiger partial charge on any atom is 0.298 e. The van der Waals surface area contributed by atoms with Gasteiger partial charge in [0.25, 0.3) is 5.82 Å². The van der Waals surface area contributed by atoms with Gasteiger partial charge in [-0.15, -0.1) is 0 Å². The van der Waals surface area contributed by atoms with Crippen LogP contribution in [0.25, 0.3) is 4.85 Å². The Balaban J connectivity index is 0.000000271. The molecular weight excluding hydrogens is 449 g/mol. The summed E-state index contributed by atoms with van der Waals surface area (Å²) in [5.74, 6) is 0.539. The second kappa shape index (κ2) is 8.76. The van der Waals surface area contributed by atoms with E-state index in [2.05, 4.69) is 105 Å². The number of nitrogens with zero attached hydrogens (tertiary/aromatic N) is 5. The first-order valence-electron chi connectivity index (χ1n) is 9.48. The second-order valence-corrected chi connectivity index (χ2v) is 9.83. The van der Waals surface area contributed by atoms with E-state index in [0.717, 1.165) is 22.4 Å². The van der Waals surface area contributed by atoms with Gasteiger partial charge in [0.15, 0.2) is 0 Å². The summed E-state index contributed by atoms with van der Waals surface area (Å²) in [4.78, 5) is 3.43. The number of aryl methyl sites for hydroxylation is 2. The largest absolute Gasteiger partial charge is 0.359 e. The first-order chi connectivity index (χ1) is 12.3. The molecular formula is C21H34IN5. The molecule has 0 fully saturated rings. The van der Waals surface area contributed by atoms with Crippen LogP contribution in [0.3, 0.4) is 0 Å². The lowest BCUT2D eigenvalue weighted by Gasteiger charge is -2.21. The van der Waals surface area contributed by atoms with Crippen molar-refractivity contribution in [2.24, 2.45) is 0 Å². The van der Waals surface area contributed by atoms with Crippen molar-refractivity contribution in [3.05, 3.63) is 37.6 Å². The van der Waals surface area contributed by atoms with E-state index in [4.69, 9.17) is 6.57 Å². The quantitative estimate of drug-likeness (QED) is 0.379. The fourth-order valence-corrected chi connectivity index (χ4v) is 4.04. The molecule has 0 saturated heterocycles. The molecule has 0 aromatic carbocycles. The Kier molecular flexibility index (Phi) is 7.69. The molecule has 2 rings (SSSR count). The van der Waals surface area contributed by atoms with Crippen LogP contribution in [0.1, 0.15) is 77.9 Å². The molecule has 0 amide bonds. The van der Waals surface area contributed by atoms with Crippen LogP contribution in [0.15, 0.2) is 0 Å². The van der Waals surface area contributed by atoms with Gasteiger partial charge < -0.3 is 4.85 Å². The van der Waals surface area contributed by atoms with Crippen molar-refractivity contribution in [3.63, 3.8) is 0 Å². The molecule has 0 aliphatic rings. The van der Waals surface area contributed by atoms with Crippen molar-refractivity contribution < 1.29 is 0 Å². The molecule has 2 aromatic heterocycles. The fraction of sp³-hybridized carbons (Fsp3) is 0.667. The standard InChI is InChI=1S/C11H17N3.C10H17IN2/c1-7-14-9(11(3,4)5)8(2)10(12-6)13-14;1-6-13-8(10(3,4)5)7(2)9(11)12-13/h7H2,1-5H3;6H2,1-5H3. The summed E-state index contributed by atoms with van der Waals surface area (Å²) < 4.78 is 5.17. The summed E-state index contributed by atoms with van der Waals surface area (Å²) in [6.45, 7) is 30.3. The summed E-state index contributed by atoms with van der Waals surface area (Å²) in [6.07, 6.45) is 0. The number of aromatic nitrogens is 4. The van der Waals surface area contributed by atoms with Crippen molar-refractivity contribution in [2.75, 3.05) is 0 Å². The van der Waals surface area contributed by atoms with Crippen LogP contribution < -0.4 is 0 Å². The predicted octanol–water partition coefficient (Wildman–Crippen LogP) is 6.17. The van der Waals surface area contributed by atoms with Gasteiger partial charge in [-0.1, -0.05) is 48.1 Å². The molecule has 0 N–H and O–H groups in total. The van der Waals surface area contributed by atoms with E-state index in [1.165, 1.54) is 17.0 Å². The highest BCUT2D eigenvalue weighted by Gasteiger charge is 2.26. The smallest absolute Gasteiger partial charge is 0.298 e. The predicted molar refractivity (Wildman–Crippen MR) is 122 cm³/mol. The van der Waals surface area contributed by atoms with E-state index in [9.17, 15) is 0 Å². The molecule has 0 spiro atoms. The van der Waals surface area contributed by atoms with Crippen molar-refractivity contribution in [1.29, 1.82) is 0 Å². The summed E-state index contributed by atoms with van der Waals surface area (Å²) in [5.41, 5.74) is 5.13. The minimum atomic E-state index is 0.0516. The van der Waals surface area contributed by atoms with Gasteiger partial charge in [-0.2, -0.15) is 9.78 Å². The topological polar surface area (TPSA) is 40.0 Å². The zero-order valence-corrected chi connectivity index (χ0v) is 20.7. The van der Waals surface area contributed by atoms with Crippen LogP contribution in [0.4, 0.5) is 5.82 Å². The first-order valence-corrected chi connectivity index (χ1v) is 10.6. The molecule has 0 saturated carbocycles. The minimum Gasteiger partial charge on any atom is -0.359 e. The Hall–Kier alpha value is -1.36. The molecule has 0 atom stereocenters. The molecule has 0 aliphatic carbocycles. The van der Waals surface area contributed by atoms with E-state index >= 15 is 0 Å². The molecule has 150 valence electrons. The van der Waals surface area contributed by atoms with Crippen LogP contribution in [-0.4, -0.2) is 19.6 Å². The molecule has 0 radical (unpaired) electrons. The van der Waals surface area contributed by atoms with Crippen molar-refractivity contribution in [3.8, 4) is 0 Å². The zero-order chi connectivity index (χ0) is 21.2. The van der Waals surface area contributed by atoms with E-state index in [0.29, 0.717) is 5.82 Å². The number of hydrogen-bond donors (Lipinski definition) is 0. The van der Waals surface area contributed by atoms with Gasteiger partial charge in [-0.3, -0.25) is 4.68 Å². The highest BCUT2D eigenvalue weighted by Crippen LogP contribution is 2.31. The van der Waals surface area contributed by atoms with E-state index in [1.54, 1.807) is 0 Å². The highest BCUT2D eigenvalue weighted by atomic mass is 127. The third-order valence-electron chi connectivity index (χ3n) is 4.42. The Morgan fingerprint density at radius 3 is 1.56 bits per heavy atom. The Morgan fingerprint density at radius 2 is 1.26 bits per heavy atom. The Labute approximate surface area is 178 Å². The van der Waals surface area contributed by atoms with E-state index < -0.39 is 0 Å². The third-order valence-corrected chi connectivity index (χ3v) is 5.45. The average Bonchev–Trinajstić information content (AvgIpc) is 3.03. The van der Waals surface area contributed by atoms with Crippen LogP contribution in [0.5, 0.6) is 0 Å². The lowest BCUT2D eigenvalue weighted by atomic mass is 9.89. The zero-order valence-electron chi connectivity index (χ0n) is 18.5. The van der Waals surface area contributed by atoms with Gasteiger partial charge in [-0.25, -0.2) is 0 Å². The first kappa shape index (κ1) is 23.7. The molecule has 0 bridgehead atoms. The van der Waals surface area contributed by atoms with E-state index in [1.807, 2.05) is 11.6 Å². The van der Waals surface area contributed by atoms with Gasteiger partial charge in [-0.05, 0) is 55.4 Å². The lowest BCUT2D eigenvalue weighted by Crippen LogP contribution is -2.19. The van der Waals surface area contributed by atoms with Crippen molar-refractivity contribution in [1.82, 2.24) is 19.6 Å². The monoisotopic (exact) mass is 483 g/mol. The summed E-state index contributed by atoms with van der Waals surface area (Å²) in [5, 5.41) is 8.77. The van der Waals surface area contributed by atoms with Gasteiger partial charge in [0.1, 0.15) is 3.70 Å². The van der Waals surface area contributed by atoms with Gasteiger partial charge in [0.2, 0.25) is 0 Å². The average molecular weight is 483 g/mol. The van der Waals surface area contributed by atoms with Gasteiger partial charge in [0, 0.05) is 34.2 Å². The molecule has 2 aromatic rings. The molecule has 0 unspecified atom stereocenters. The summed E-state index contributed by atoms with van der Waals surface area (Å²) in [7, 11) is 0. The normalized spacial score (nSPS) is 11.8. The van der Waals surface area contributed by atoms with Crippen molar-refractivity contribution in [2.45, 2.75) is 93.2 Å². The molecule has 5 nitrogen and oxygen atoms in total. The fourth-order valence-electron chi connectivity index (χ4n) is 3.52. The number of rotatable bonds is 2. The van der Waals surface area contributed by atoms with E-state index in [-0.39, 0.29) is 10.8 Å². The summed E-state index contributed by atoms with van der Waals surface area (Å²) in [6, 6.07) is 0. The molecule has 2 heterocycles. The van der Waals surface area contributed by atoms with Crippen molar-refractivity contribution >= 4 is 28.4 Å². The SMILES string of the molecule is CCn1nc(I)c(C)c1C(C)(C)C.[C-]#[N+]c1nn(CC)c(C(C)(C)C)c1C. The van der Waals surface area contributed by atoms with Crippen LogP contribution in [0.2, 0.25) is 0 Å². The highest BCUT2D eigenvalue weighted by molar-refractivity contribution is 14.1. The number of hydrogen-bond acceptors (Lipinski definition) is 2. The van der Waals surface area contributed by atoms with Crippen LogP contribution in [-0.2, 0) is 23.9 Å². The Bertz CT molecular complexity index is 823. The molecule has 0 aliphatic heterocycles. The lowest BCUT2D eigenvalue weighted by molar-refractivity contribution is 0.495. The third kappa shape index (κ3) is 5.34. The summed E-state index contributed by atoms with van der Waals surface area (Å²) >= 11 is 2.30. The van der Waals surface area contributed by atoms with Crippen LogP contribution >= 0.6 is 22.6 Å². The number of halogens is 1. The van der Waals surface area contributed by atoms with Gasteiger partial charge in [0.05, 0.1) is 12.2 Å². The van der Waals surface area contributed by atoms with Gasteiger partial charge >= 0.3 is 0 Å². The molecule has 27 heavy (non-hydrogen) atoms. The maximum atomic E-state index is 7.02. The Morgan fingerprint density at radius 1 is 0.852 bits per heavy atom. The molecule has 6 heteroatoms. The minimum absolute atomic E-state index is 0.0516. The van der Waals surface area contributed by atoms with Crippen LogP contribution in [0, 0.1) is 24.1 Å². The maximum absolute atomic E-state index is 7.02.